The maximum atomic E-state index is 6.33. The normalized spacial score (nSPS) is 14.4. The van der Waals surface area contributed by atoms with Crippen LogP contribution in [0.5, 0.6) is 0 Å². The van der Waals surface area contributed by atoms with Crippen molar-refractivity contribution < 1.29 is 4.74 Å². The molecular weight excluding hydrogens is 250 g/mol. The molecule has 1 nitrogen and oxygen atoms in total. The Morgan fingerprint density at radius 3 is 2.47 bits per heavy atom. The summed E-state index contributed by atoms with van der Waals surface area (Å²) in [5, 5.41) is 2.41. The molecule has 0 spiro atoms. The fraction of sp³-hybridized carbons (Fsp3) is 0.273. The quantitative estimate of drug-likeness (QED) is 0.577. The van der Waals surface area contributed by atoms with Gasteiger partial charge in [0.25, 0.3) is 0 Å². The molecule has 1 aromatic rings. The first-order chi connectivity index (χ1) is 7.16. The van der Waals surface area contributed by atoms with Crippen LogP contribution in [0, 0.1) is 0 Å². The van der Waals surface area contributed by atoms with Crippen molar-refractivity contribution in [2.24, 2.45) is 0 Å². The topological polar surface area (TPSA) is 9.23 Å². The number of allylic oxidation sites excluding steroid dienone is 1. The summed E-state index contributed by atoms with van der Waals surface area (Å²) in [5.74, 6) is 0. The zero-order valence-corrected chi connectivity index (χ0v) is 11.1. The highest BCUT2D eigenvalue weighted by molar-refractivity contribution is 7.93. The van der Waals surface area contributed by atoms with Crippen LogP contribution in [0.4, 0.5) is 0 Å². The van der Waals surface area contributed by atoms with Crippen LogP contribution in [-0.4, -0.2) is 6.61 Å². The molecule has 0 aromatic heterocycles. The Labute approximate surface area is 102 Å². The van der Waals surface area contributed by atoms with Crippen LogP contribution < -0.4 is 5.30 Å². The van der Waals surface area contributed by atoms with Gasteiger partial charge in [-0.1, -0.05) is 41.6 Å². The van der Waals surface area contributed by atoms with Crippen molar-refractivity contribution in [3.63, 3.8) is 0 Å². The summed E-state index contributed by atoms with van der Waals surface area (Å²) in [6, 6.07) is 9.90. The largest absolute Gasteiger partial charge is 0.483 e. The van der Waals surface area contributed by atoms with Crippen molar-refractivity contribution in [1.29, 1.82) is 0 Å². The van der Waals surface area contributed by atoms with Crippen molar-refractivity contribution in [3.8, 4) is 0 Å². The molecular formula is C11H13Cl2OP. The lowest BCUT2D eigenvalue weighted by molar-refractivity contribution is 0.253. The maximum Gasteiger partial charge on any atom is 0.191 e. The summed E-state index contributed by atoms with van der Waals surface area (Å²) in [4.78, 5) is 0. The number of hydrogen-bond acceptors (Lipinski definition) is 1. The van der Waals surface area contributed by atoms with E-state index in [4.69, 9.17) is 27.6 Å². The van der Waals surface area contributed by atoms with Gasteiger partial charge in [-0.2, -0.15) is 0 Å². The molecule has 0 amide bonds. The van der Waals surface area contributed by atoms with Gasteiger partial charge in [0.2, 0.25) is 0 Å². The van der Waals surface area contributed by atoms with Crippen LogP contribution in [-0.2, 0) is 4.74 Å². The van der Waals surface area contributed by atoms with E-state index in [-0.39, 0.29) is 0 Å². The smallest absolute Gasteiger partial charge is 0.191 e. The molecule has 0 heterocycles. The van der Waals surface area contributed by atoms with E-state index in [0.717, 1.165) is 10.6 Å². The number of benzene rings is 1. The molecule has 0 N–H and O–H groups in total. The molecule has 0 saturated carbocycles. The Hall–Kier alpha value is -0.230. The second-order valence-corrected chi connectivity index (χ2v) is 6.01. The van der Waals surface area contributed by atoms with E-state index >= 15 is 0 Å². The van der Waals surface area contributed by atoms with Gasteiger partial charge in [0.05, 0.1) is 13.9 Å². The summed E-state index contributed by atoms with van der Waals surface area (Å²) in [6.45, 7) is 4.36. The number of halogens is 2. The van der Waals surface area contributed by atoms with Crippen molar-refractivity contribution >= 4 is 35.4 Å². The van der Waals surface area contributed by atoms with Gasteiger partial charge in [-0.3, -0.25) is 0 Å². The Bertz CT molecular complexity index is 338. The minimum Gasteiger partial charge on any atom is -0.483 e. The first-order valence-electron chi connectivity index (χ1n) is 4.67. The van der Waals surface area contributed by atoms with Gasteiger partial charge in [0, 0.05) is 5.31 Å². The van der Waals surface area contributed by atoms with E-state index in [0.29, 0.717) is 11.8 Å². The van der Waals surface area contributed by atoms with E-state index < -0.39 is 7.27 Å². The molecule has 0 aliphatic carbocycles. The van der Waals surface area contributed by atoms with Gasteiger partial charge in [-0.15, -0.1) is 0 Å². The summed E-state index contributed by atoms with van der Waals surface area (Å²) >= 11 is 12.3. The molecule has 0 saturated heterocycles. The van der Waals surface area contributed by atoms with E-state index in [1.54, 1.807) is 0 Å². The van der Waals surface area contributed by atoms with E-state index in [2.05, 4.69) is 0 Å². The monoisotopic (exact) mass is 262 g/mol. The summed E-state index contributed by atoms with van der Waals surface area (Å²) < 4.78 is 5.22. The average molecular weight is 263 g/mol. The van der Waals surface area contributed by atoms with Crippen molar-refractivity contribution in [1.82, 2.24) is 0 Å². The molecule has 0 fully saturated rings. The summed E-state index contributed by atoms with van der Waals surface area (Å²) in [5.41, 5.74) is 0. The Balaban J connectivity index is 2.85. The van der Waals surface area contributed by atoms with Crippen molar-refractivity contribution in [3.05, 3.63) is 40.9 Å². The molecule has 4 heteroatoms. The highest BCUT2D eigenvalue weighted by Crippen LogP contribution is 2.50. The lowest BCUT2D eigenvalue weighted by Crippen LogP contribution is -1.98. The van der Waals surface area contributed by atoms with Crippen LogP contribution in [0.15, 0.2) is 40.9 Å². The third-order valence-corrected chi connectivity index (χ3v) is 5.25. The van der Waals surface area contributed by atoms with Gasteiger partial charge in [0.15, 0.2) is 5.22 Å². The molecule has 0 radical (unpaired) electrons. The average Bonchev–Trinajstić information content (AvgIpc) is 2.28. The maximum absolute atomic E-state index is 6.33. The fourth-order valence-electron chi connectivity index (χ4n) is 1.06. The molecule has 1 atom stereocenters. The lowest BCUT2D eigenvalue weighted by Gasteiger charge is -2.12. The number of rotatable bonds is 4. The zero-order chi connectivity index (χ0) is 11.3. The molecule has 82 valence electrons. The molecule has 15 heavy (non-hydrogen) atoms. The van der Waals surface area contributed by atoms with Crippen LogP contribution in [0.3, 0.4) is 0 Å². The number of ether oxygens (including phenoxy) is 1. The van der Waals surface area contributed by atoms with Gasteiger partial charge in [-0.05, 0) is 30.8 Å². The first kappa shape index (κ1) is 12.8. The molecule has 0 bridgehead atoms. The molecule has 1 unspecified atom stereocenters. The molecule has 0 aliphatic rings. The highest BCUT2D eigenvalue weighted by atomic mass is 35.7. The van der Waals surface area contributed by atoms with Gasteiger partial charge < -0.3 is 4.74 Å². The van der Waals surface area contributed by atoms with E-state index in [9.17, 15) is 0 Å². The second-order valence-electron chi connectivity index (χ2n) is 2.91. The Morgan fingerprint density at radius 1 is 1.33 bits per heavy atom. The van der Waals surface area contributed by atoms with Crippen LogP contribution in [0.1, 0.15) is 13.8 Å². The van der Waals surface area contributed by atoms with Gasteiger partial charge in [0.1, 0.15) is 0 Å². The first-order valence-corrected chi connectivity index (χ1v) is 7.29. The van der Waals surface area contributed by atoms with E-state index in [1.807, 2.05) is 44.2 Å². The van der Waals surface area contributed by atoms with Crippen LogP contribution in [0.2, 0.25) is 0 Å². The van der Waals surface area contributed by atoms with Crippen LogP contribution >= 0.6 is 30.1 Å². The lowest BCUT2D eigenvalue weighted by atomic mass is 10.4. The SMILES string of the molecule is CCO/C(Cl)=C(/C)P(Cl)c1ccccc1. The highest BCUT2D eigenvalue weighted by Gasteiger charge is 2.13. The van der Waals surface area contributed by atoms with E-state index in [1.165, 1.54) is 0 Å². The minimum absolute atomic E-state index is 0.419. The molecule has 1 rings (SSSR count). The second kappa shape index (κ2) is 6.37. The predicted molar refractivity (Wildman–Crippen MR) is 69.0 cm³/mol. The standard InChI is InChI=1S/C11H13Cl2OP/c1-3-14-11(12)9(2)15(13)10-7-5-4-6-8-10/h4-8H,3H2,1-2H3/b11-9-. The third kappa shape index (κ3) is 3.68. The fourth-order valence-corrected chi connectivity index (χ4v) is 3.16. The zero-order valence-electron chi connectivity index (χ0n) is 8.71. The number of hydrogen-bond donors (Lipinski definition) is 0. The summed E-state index contributed by atoms with van der Waals surface area (Å²) in [7, 11) is -0.893. The van der Waals surface area contributed by atoms with Crippen molar-refractivity contribution in [2.75, 3.05) is 6.61 Å². The van der Waals surface area contributed by atoms with Crippen molar-refractivity contribution in [2.45, 2.75) is 13.8 Å². The molecule has 0 aliphatic heterocycles. The Kier molecular flexibility index (Phi) is 5.45. The summed E-state index contributed by atoms with van der Waals surface area (Å²) in [6.07, 6.45) is 0. The minimum atomic E-state index is -0.893. The van der Waals surface area contributed by atoms with Gasteiger partial charge in [-0.25, -0.2) is 0 Å². The Morgan fingerprint density at radius 2 is 1.93 bits per heavy atom. The predicted octanol–water partition coefficient (Wildman–Crippen LogP) is 4.41. The third-order valence-electron chi connectivity index (χ3n) is 1.83. The molecule has 1 aromatic carbocycles. The van der Waals surface area contributed by atoms with Gasteiger partial charge >= 0.3 is 0 Å². The van der Waals surface area contributed by atoms with Crippen LogP contribution in [0.25, 0.3) is 0 Å².